The molecule has 0 spiro atoms. The van der Waals surface area contributed by atoms with Gasteiger partial charge in [-0.25, -0.2) is 4.98 Å². The van der Waals surface area contributed by atoms with Gasteiger partial charge in [0.25, 0.3) is 0 Å². The third-order valence-electron chi connectivity index (χ3n) is 4.00. The SMILES string of the molecule is Cc1noc2ccc(-c3nc4ccc(Cl)cn4c3NC(C)(C)C)cc12. The molecule has 4 rings (SSSR count). The monoisotopic (exact) mass is 354 g/mol. The molecule has 0 bridgehead atoms. The Balaban J connectivity index is 1.98. The van der Waals surface area contributed by atoms with Crippen molar-refractivity contribution in [2.45, 2.75) is 33.2 Å². The molecule has 1 N–H and O–H groups in total. The quantitative estimate of drug-likeness (QED) is 0.529. The van der Waals surface area contributed by atoms with Gasteiger partial charge in [-0.15, -0.1) is 0 Å². The van der Waals surface area contributed by atoms with Crippen LogP contribution in [0.15, 0.2) is 41.1 Å². The molecule has 0 saturated heterocycles. The molecule has 5 nitrogen and oxygen atoms in total. The first-order valence-corrected chi connectivity index (χ1v) is 8.52. The smallest absolute Gasteiger partial charge is 0.167 e. The van der Waals surface area contributed by atoms with Gasteiger partial charge in [-0.05, 0) is 58.0 Å². The Morgan fingerprint density at radius 1 is 1.16 bits per heavy atom. The topological polar surface area (TPSA) is 55.4 Å². The lowest BCUT2D eigenvalue weighted by Gasteiger charge is -2.22. The summed E-state index contributed by atoms with van der Waals surface area (Å²) >= 11 is 6.20. The summed E-state index contributed by atoms with van der Waals surface area (Å²) < 4.78 is 7.31. The number of imidazole rings is 1. The van der Waals surface area contributed by atoms with Gasteiger partial charge in [-0.2, -0.15) is 0 Å². The van der Waals surface area contributed by atoms with E-state index in [2.05, 4.69) is 37.3 Å². The van der Waals surface area contributed by atoms with Crippen molar-refractivity contribution in [1.29, 1.82) is 0 Å². The average Bonchev–Trinajstić information content (AvgIpc) is 3.07. The molecule has 25 heavy (non-hydrogen) atoms. The first-order valence-electron chi connectivity index (χ1n) is 8.14. The van der Waals surface area contributed by atoms with Crippen molar-refractivity contribution in [3.8, 4) is 11.3 Å². The summed E-state index contributed by atoms with van der Waals surface area (Å²) in [5.74, 6) is 0.915. The van der Waals surface area contributed by atoms with Crippen LogP contribution in [0.2, 0.25) is 5.02 Å². The molecule has 3 aromatic heterocycles. The minimum absolute atomic E-state index is 0.121. The van der Waals surface area contributed by atoms with E-state index in [0.717, 1.165) is 39.4 Å². The third-order valence-corrected chi connectivity index (χ3v) is 4.22. The molecule has 0 amide bonds. The van der Waals surface area contributed by atoms with Crippen LogP contribution in [0.3, 0.4) is 0 Å². The summed E-state index contributed by atoms with van der Waals surface area (Å²) in [6.45, 7) is 8.30. The van der Waals surface area contributed by atoms with E-state index in [0.29, 0.717) is 5.02 Å². The van der Waals surface area contributed by atoms with Crippen LogP contribution in [-0.4, -0.2) is 20.1 Å². The van der Waals surface area contributed by atoms with Crippen LogP contribution in [0.1, 0.15) is 26.5 Å². The number of nitrogens with one attached hydrogen (secondary N) is 1. The molecular formula is C19H19ClN4O. The Bertz CT molecular complexity index is 1090. The molecule has 3 heterocycles. The lowest BCUT2D eigenvalue weighted by molar-refractivity contribution is 0.450. The Morgan fingerprint density at radius 2 is 1.96 bits per heavy atom. The summed E-state index contributed by atoms with van der Waals surface area (Å²) in [6.07, 6.45) is 1.88. The van der Waals surface area contributed by atoms with E-state index in [4.69, 9.17) is 21.1 Å². The Labute approximate surface area is 150 Å². The van der Waals surface area contributed by atoms with Gasteiger partial charge >= 0.3 is 0 Å². The lowest BCUT2D eigenvalue weighted by atomic mass is 10.1. The minimum Gasteiger partial charge on any atom is -0.365 e. The molecular weight excluding hydrogens is 336 g/mol. The van der Waals surface area contributed by atoms with Crippen LogP contribution >= 0.6 is 11.6 Å². The number of fused-ring (bicyclic) bond motifs is 2. The number of benzene rings is 1. The lowest BCUT2D eigenvalue weighted by Crippen LogP contribution is -2.27. The summed E-state index contributed by atoms with van der Waals surface area (Å²) in [5.41, 5.74) is 4.25. The number of anilines is 1. The first kappa shape index (κ1) is 16.0. The Hall–Kier alpha value is -2.53. The molecule has 0 atom stereocenters. The molecule has 1 aromatic carbocycles. The maximum Gasteiger partial charge on any atom is 0.167 e. The summed E-state index contributed by atoms with van der Waals surface area (Å²) in [6, 6.07) is 9.77. The summed E-state index contributed by atoms with van der Waals surface area (Å²) in [5, 5.41) is 9.25. The fourth-order valence-corrected chi connectivity index (χ4v) is 3.06. The number of nitrogens with zero attached hydrogens (tertiary/aromatic N) is 3. The van der Waals surface area contributed by atoms with E-state index in [1.165, 1.54) is 0 Å². The van der Waals surface area contributed by atoms with Crippen molar-refractivity contribution in [2.24, 2.45) is 0 Å². The first-order chi connectivity index (χ1) is 11.8. The van der Waals surface area contributed by atoms with E-state index in [1.54, 1.807) is 0 Å². The average molecular weight is 355 g/mol. The van der Waals surface area contributed by atoms with Crippen molar-refractivity contribution in [3.63, 3.8) is 0 Å². The van der Waals surface area contributed by atoms with Crippen LogP contribution in [0, 0.1) is 6.92 Å². The van der Waals surface area contributed by atoms with E-state index in [1.807, 2.05) is 41.8 Å². The number of aryl methyl sites for hydroxylation is 1. The standard InChI is InChI=1S/C19H19ClN4O/c1-11-14-9-12(5-7-15(14)25-23-11)17-18(22-19(2,3)4)24-10-13(20)6-8-16(24)21-17/h5-10,22H,1-4H3. The molecule has 6 heteroatoms. The highest BCUT2D eigenvalue weighted by Gasteiger charge is 2.20. The van der Waals surface area contributed by atoms with Crippen LogP contribution in [0.5, 0.6) is 0 Å². The zero-order valence-corrected chi connectivity index (χ0v) is 15.3. The van der Waals surface area contributed by atoms with Crippen LogP contribution in [0.25, 0.3) is 27.9 Å². The highest BCUT2D eigenvalue weighted by atomic mass is 35.5. The maximum atomic E-state index is 6.20. The van der Waals surface area contributed by atoms with Crippen molar-refractivity contribution in [1.82, 2.24) is 14.5 Å². The molecule has 0 aliphatic heterocycles. The number of pyridine rings is 1. The zero-order valence-electron chi connectivity index (χ0n) is 14.6. The molecule has 0 aliphatic carbocycles. The molecule has 128 valence electrons. The van der Waals surface area contributed by atoms with Crippen LogP contribution in [-0.2, 0) is 0 Å². The Kier molecular flexibility index (Phi) is 3.51. The largest absolute Gasteiger partial charge is 0.365 e. The van der Waals surface area contributed by atoms with Gasteiger partial charge in [0, 0.05) is 22.7 Å². The fraction of sp³-hybridized carbons (Fsp3) is 0.263. The number of halogens is 1. The van der Waals surface area contributed by atoms with Gasteiger partial charge in [0.15, 0.2) is 5.58 Å². The second-order valence-corrected chi connectivity index (χ2v) is 7.67. The molecule has 0 saturated carbocycles. The summed E-state index contributed by atoms with van der Waals surface area (Å²) in [7, 11) is 0. The van der Waals surface area contributed by atoms with Crippen molar-refractivity contribution in [2.75, 3.05) is 5.32 Å². The maximum absolute atomic E-state index is 6.20. The van der Waals surface area contributed by atoms with Crippen molar-refractivity contribution >= 4 is 34.0 Å². The van der Waals surface area contributed by atoms with E-state index >= 15 is 0 Å². The van der Waals surface area contributed by atoms with Gasteiger partial charge in [-0.3, -0.25) is 4.40 Å². The normalized spacial score (nSPS) is 12.2. The molecule has 0 unspecified atom stereocenters. The number of hydrogen-bond acceptors (Lipinski definition) is 4. The second kappa shape index (κ2) is 5.49. The van der Waals surface area contributed by atoms with Gasteiger partial charge in [0.05, 0.1) is 10.7 Å². The summed E-state index contributed by atoms with van der Waals surface area (Å²) in [4.78, 5) is 4.82. The number of hydrogen-bond donors (Lipinski definition) is 1. The van der Waals surface area contributed by atoms with Gasteiger partial charge in [0.2, 0.25) is 0 Å². The molecule has 0 aliphatic rings. The van der Waals surface area contributed by atoms with E-state index in [9.17, 15) is 0 Å². The molecule has 4 aromatic rings. The Morgan fingerprint density at radius 3 is 2.72 bits per heavy atom. The van der Waals surface area contributed by atoms with E-state index < -0.39 is 0 Å². The number of aromatic nitrogens is 3. The minimum atomic E-state index is -0.121. The zero-order chi connectivity index (χ0) is 17.8. The van der Waals surface area contributed by atoms with Gasteiger partial charge < -0.3 is 9.84 Å². The molecule has 0 fully saturated rings. The van der Waals surface area contributed by atoms with Gasteiger partial charge in [-0.1, -0.05) is 16.8 Å². The van der Waals surface area contributed by atoms with E-state index in [-0.39, 0.29) is 5.54 Å². The fourth-order valence-electron chi connectivity index (χ4n) is 2.90. The number of rotatable bonds is 2. The van der Waals surface area contributed by atoms with Crippen LogP contribution < -0.4 is 5.32 Å². The van der Waals surface area contributed by atoms with Gasteiger partial charge in [0.1, 0.15) is 17.2 Å². The van der Waals surface area contributed by atoms with Crippen molar-refractivity contribution in [3.05, 3.63) is 47.2 Å². The van der Waals surface area contributed by atoms with Crippen LogP contribution in [0.4, 0.5) is 5.82 Å². The highest BCUT2D eigenvalue weighted by molar-refractivity contribution is 6.30. The predicted octanol–water partition coefficient (Wildman–Crippen LogP) is 5.31. The van der Waals surface area contributed by atoms with Crippen molar-refractivity contribution < 1.29 is 4.52 Å². The third kappa shape index (κ3) is 2.85. The second-order valence-electron chi connectivity index (χ2n) is 7.24. The predicted molar refractivity (Wildman–Crippen MR) is 101 cm³/mol. The highest BCUT2D eigenvalue weighted by Crippen LogP contribution is 2.33. The molecule has 0 radical (unpaired) electrons.